The molecule has 15 rings (SSSR count). The molecule has 0 amide bonds. The molecule has 0 aliphatic heterocycles. The van der Waals surface area contributed by atoms with Crippen LogP contribution < -0.4 is 4.90 Å². The van der Waals surface area contributed by atoms with Crippen molar-refractivity contribution in [2.45, 2.75) is 38.5 Å². The number of anilines is 3. The van der Waals surface area contributed by atoms with Crippen LogP contribution in [0.15, 0.2) is 227 Å². The van der Waals surface area contributed by atoms with E-state index >= 15 is 0 Å². The average Bonchev–Trinajstić information content (AvgIpc) is 4.24. The quantitative estimate of drug-likeness (QED) is 0.159. The molecule has 75 heavy (non-hydrogen) atoms. The third-order valence-electron chi connectivity index (χ3n) is 16.2. The summed E-state index contributed by atoms with van der Waals surface area (Å²) in [5.74, 6) is 1.71. The van der Waals surface area contributed by atoms with Crippen LogP contribution >= 0.6 is 0 Å². The van der Waals surface area contributed by atoms with Crippen molar-refractivity contribution in [3.63, 3.8) is 0 Å². The molecule has 3 heterocycles. The largest absolute Gasteiger partial charge is 0.456 e. The van der Waals surface area contributed by atoms with Crippen molar-refractivity contribution in [1.29, 1.82) is 0 Å². The summed E-state index contributed by atoms with van der Waals surface area (Å²) in [6.45, 7) is 9.43. The Morgan fingerprint density at radius 3 is 1.40 bits per heavy atom. The van der Waals surface area contributed by atoms with Crippen LogP contribution in [-0.2, 0) is 10.8 Å². The summed E-state index contributed by atoms with van der Waals surface area (Å²) in [5, 5.41) is 3.91. The molecule has 0 saturated heterocycles. The van der Waals surface area contributed by atoms with Gasteiger partial charge in [-0.1, -0.05) is 191 Å². The van der Waals surface area contributed by atoms with Gasteiger partial charge in [0, 0.05) is 65.9 Å². The Kier molecular flexibility index (Phi) is 9.25. The molecule has 6 heteroatoms. The lowest BCUT2D eigenvalue weighted by Gasteiger charge is -2.31. The number of para-hydroxylation sites is 1. The molecule has 0 atom stereocenters. The number of hydrogen-bond acceptors (Lipinski definition) is 6. The van der Waals surface area contributed by atoms with Gasteiger partial charge in [0.15, 0.2) is 17.5 Å². The first-order valence-electron chi connectivity index (χ1n) is 25.8. The van der Waals surface area contributed by atoms with E-state index in [1.165, 1.54) is 55.9 Å². The van der Waals surface area contributed by atoms with Gasteiger partial charge in [-0.3, -0.25) is 0 Å². The van der Waals surface area contributed by atoms with Crippen molar-refractivity contribution < 1.29 is 8.83 Å². The molecular formula is C69H48N4O2. The number of benzene rings is 10. The van der Waals surface area contributed by atoms with E-state index < -0.39 is 0 Å². The smallest absolute Gasteiger partial charge is 0.164 e. The number of aromatic nitrogens is 3. The molecule has 0 radical (unpaired) electrons. The molecule has 3 aromatic heterocycles. The molecule has 0 spiro atoms. The zero-order valence-electron chi connectivity index (χ0n) is 41.9. The zero-order valence-corrected chi connectivity index (χ0v) is 41.9. The highest BCUT2D eigenvalue weighted by molar-refractivity contribution is 6.14. The molecule has 0 bridgehead atoms. The highest BCUT2D eigenvalue weighted by atomic mass is 16.3. The van der Waals surface area contributed by atoms with Gasteiger partial charge in [0.05, 0.1) is 11.4 Å². The Labute approximate surface area is 434 Å². The predicted molar refractivity (Wildman–Crippen MR) is 306 cm³/mol. The van der Waals surface area contributed by atoms with Gasteiger partial charge < -0.3 is 13.7 Å². The number of rotatable bonds is 7. The molecule has 0 unspecified atom stereocenters. The van der Waals surface area contributed by atoms with E-state index in [9.17, 15) is 0 Å². The molecular weight excluding hydrogens is 917 g/mol. The number of nitrogens with zero attached hydrogens (tertiary/aromatic N) is 4. The van der Waals surface area contributed by atoms with Crippen molar-refractivity contribution in [3.05, 3.63) is 241 Å². The van der Waals surface area contributed by atoms with Gasteiger partial charge in [-0.15, -0.1) is 0 Å². The second kappa shape index (κ2) is 16.1. The minimum Gasteiger partial charge on any atom is -0.456 e. The Morgan fingerprint density at radius 2 is 0.787 bits per heavy atom. The second-order valence-corrected chi connectivity index (χ2v) is 21.1. The first kappa shape index (κ1) is 43.2. The molecule has 356 valence electrons. The van der Waals surface area contributed by atoms with Crippen molar-refractivity contribution >= 4 is 60.9 Å². The first-order chi connectivity index (χ1) is 36.7. The van der Waals surface area contributed by atoms with E-state index in [1.807, 2.05) is 72.8 Å². The summed E-state index contributed by atoms with van der Waals surface area (Å²) < 4.78 is 13.0. The average molecular weight is 965 g/mol. The van der Waals surface area contributed by atoms with Crippen LogP contribution in [0.25, 0.3) is 111 Å². The lowest BCUT2D eigenvalue weighted by molar-refractivity contribution is 0.660. The van der Waals surface area contributed by atoms with Gasteiger partial charge in [-0.05, 0) is 99.1 Å². The first-order valence-corrected chi connectivity index (χ1v) is 25.8. The third kappa shape index (κ3) is 6.42. The Hall–Kier alpha value is -9.39. The summed E-state index contributed by atoms with van der Waals surface area (Å²) in [5.41, 5.74) is 21.6. The van der Waals surface area contributed by atoms with Crippen LogP contribution in [0.2, 0.25) is 0 Å². The minimum absolute atomic E-state index is 0.152. The van der Waals surface area contributed by atoms with Gasteiger partial charge in [-0.2, -0.15) is 0 Å². The van der Waals surface area contributed by atoms with Gasteiger partial charge >= 0.3 is 0 Å². The highest BCUT2D eigenvalue weighted by Crippen LogP contribution is 2.58. The lowest BCUT2D eigenvalue weighted by Crippen LogP contribution is -2.17. The lowest BCUT2D eigenvalue weighted by atomic mass is 9.82. The standard InChI is InChI=1S/C69H48N4O2/c1-68(2)51-25-11-8-20-45(51)63-53(68)27-16-29-55(63)73(56-30-17-28-54-64(56)46-21-9-12-26-52(46)69(54,3)4)44-37-34-41(35-38-44)43-36-39-58-50(40-43)62-49(24-15-33-60(62)75-58)67-71-65(42-18-6-5-7-19-42)70-66(72-67)48-23-14-32-59-61(48)47-22-10-13-31-57(47)74-59/h5-40H,1-4H3. The molecule has 13 aromatic rings. The van der Waals surface area contributed by atoms with Crippen molar-refractivity contribution in [2.24, 2.45) is 0 Å². The summed E-state index contributed by atoms with van der Waals surface area (Å²) in [7, 11) is 0. The zero-order chi connectivity index (χ0) is 50.2. The highest BCUT2D eigenvalue weighted by Gasteiger charge is 2.41. The maximum absolute atomic E-state index is 6.64. The Bertz CT molecular complexity index is 4380. The van der Waals surface area contributed by atoms with E-state index in [2.05, 4.69) is 178 Å². The molecule has 10 aromatic carbocycles. The summed E-state index contributed by atoms with van der Waals surface area (Å²) in [4.78, 5) is 18.2. The van der Waals surface area contributed by atoms with Crippen LogP contribution in [0.5, 0.6) is 0 Å². The maximum Gasteiger partial charge on any atom is 0.164 e. The molecule has 0 saturated carbocycles. The predicted octanol–water partition coefficient (Wildman–Crippen LogP) is 18.4. The van der Waals surface area contributed by atoms with E-state index in [1.54, 1.807) is 0 Å². The van der Waals surface area contributed by atoms with E-state index in [0.717, 1.165) is 77.4 Å². The molecule has 0 N–H and O–H groups in total. The number of hydrogen-bond donors (Lipinski definition) is 0. The van der Waals surface area contributed by atoms with Crippen LogP contribution in [0.3, 0.4) is 0 Å². The fourth-order valence-corrected chi connectivity index (χ4v) is 12.5. The fraction of sp³-hybridized carbons (Fsp3) is 0.0870. The monoisotopic (exact) mass is 964 g/mol. The fourth-order valence-electron chi connectivity index (χ4n) is 12.5. The maximum atomic E-state index is 6.64. The van der Waals surface area contributed by atoms with Crippen LogP contribution in [0.4, 0.5) is 17.1 Å². The minimum atomic E-state index is -0.152. The van der Waals surface area contributed by atoms with Gasteiger partial charge in [0.1, 0.15) is 22.3 Å². The van der Waals surface area contributed by atoms with Crippen molar-refractivity contribution in [2.75, 3.05) is 4.90 Å². The van der Waals surface area contributed by atoms with Gasteiger partial charge in [0.2, 0.25) is 0 Å². The van der Waals surface area contributed by atoms with Crippen molar-refractivity contribution in [3.8, 4) is 67.5 Å². The third-order valence-corrected chi connectivity index (χ3v) is 16.2. The SMILES string of the molecule is CC1(C)c2ccccc2-c2c(N(c3ccc(-c4ccc5oc6cccc(-c7nc(-c8ccccc8)nc(-c8cccc9oc%10ccccc%10c89)n7)c6c5c4)cc3)c3cccc4c3-c3ccccc3C4(C)C)cccc21. The van der Waals surface area contributed by atoms with E-state index in [0.29, 0.717) is 17.5 Å². The Morgan fingerprint density at radius 1 is 0.333 bits per heavy atom. The van der Waals surface area contributed by atoms with E-state index in [4.69, 9.17) is 23.8 Å². The van der Waals surface area contributed by atoms with Crippen LogP contribution in [-0.4, -0.2) is 15.0 Å². The molecule has 2 aliphatic carbocycles. The van der Waals surface area contributed by atoms with Crippen molar-refractivity contribution in [1.82, 2.24) is 15.0 Å². The molecule has 2 aliphatic rings. The number of fused-ring (bicyclic) bond motifs is 12. The topological polar surface area (TPSA) is 68.2 Å². The van der Waals surface area contributed by atoms with Gasteiger partial charge in [0.25, 0.3) is 0 Å². The summed E-state index contributed by atoms with van der Waals surface area (Å²) in [6.07, 6.45) is 0. The summed E-state index contributed by atoms with van der Waals surface area (Å²) >= 11 is 0. The second-order valence-electron chi connectivity index (χ2n) is 21.1. The number of furan rings is 2. The van der Waals surface area contributed by atoms with Gasteiger partial charge in [-0.25, -0.2) is 15.0 Å². The van der Waals surface area contributed by atoms with E-state index in [-0.39, 0.29) is 10.8 Å². The normalized spacial score (nSPS) is 13.8. The molecule has 6 nitrogen and oxygen atoms in total. The Balaban J connectivity index is 0.886. The van der Waals surface area contributed by atoms with Crippen LogP contribution in [0.1, 0.15) is 49.9 Å². The summed E-state index contributed by atoms with van der Waals surface area (Å²) in [6, 6.07) is 77.7. The molecule has 0 fully saturated rings. The van der Waals surface area contributed by atoms with Crippen LogP contribution in [0, 0.1) is 0 Å².